The maximum absolute atomic E-state index is 13.0. The van der Waals surface area contributed by atoms with Crippen LogP contribution < -0.4 is 5.32 Å². The highest BCUT2D eigenvalue weighted by Crippen LogP contribution is 2.38. The molecular formula is C17H28N2O2. The Bertz CT molecular complexity index is 400. The molecule has 0 aromatic rings. The van der Waals surface area contributed by atoms with Crippen molar-refractivity contribution < 1.29 is 9.90 Å². The van der Waals surface area contributed by atoms with Crippen molar-refractivity contribution in [2.45, 2.75) is 94.5 Å². The average Bonchev–Trinajstić information content (AvgIpc) is 2.78. The van der Waals surface area contributed by atoms with E-state index in [0.717, 1.165) is 38.0 Å². The van der Waals surface area contributed by atoms with E-state index in [1.807, 2.05) is 0 Å². The molecule has 1 saturated carbocycles. The molecule has 4 heteroatoms. The number of rotatable bonds is 1. The quantitative estimate of drug-likeness (QED) is 0.775. The first-order valence-corrected chi connectivity index (χ1v) is 8.98. The molecule has 2 bridgehead atoms. The number of fused-ring (bicyclic) bond motifs is 3. The Hall–Kier alpha value is -0.610. The summed E-state index contributed by atoms with van der Waals surface area (Å²) in [4.78, 5) is 15.1. The van der Waals surface area contributed by atoms with Crippen molar-refractivity contribution in [3.63, 3.8) is 0 Å². The molecule has 4 fully saturated rings. The van der Waals surface area contributed by atoms with Crippen molar-refractivity contribution in [1.29, 1.82) is 0 Å². The maximum Gasteiger partial charge on any atom is 0.240 e. The minimum Gasteiger partial charge on any atom is -0.393 e. The molecule has 21 heavy (non-hydrogen) atoms. The third kappa shape index (κ3) is 2.50. The van der Waals surface area contributed by atoms with Crippen LogP contribution >= 0.6 is 0 Å². The normalized spacial score (nSPS) is 46.2. The average molecular weight is 292 g/mol. The van der Waals surface area contributed by atoms with E-state index in [1.54, 1.807) is 0 Å². The molecule has 0 spiro atoms. The van der Waals surface area contributed by atoms with Gasteiger partial charge in [-0.1, -0.05) is 12.8 Å². The van der Waals surface area contributed by atoms with Gasteiger partial charge < -0.3 is 15.3 Å². The number of aliphatic hydroxyl groups excluding tert-OH is 1. The van der Waals surface area contributed by atoms with Crippen LogP contribution in [0.3, 0.4) is 0 Å². The molecule has 3 aliphatic heterocycles. The third-order valence-corrected chi connectivity index (χ3v) is 6.41. The summed E-state index contributed by atoms with van der Waals surface area (Å²) in [6, 6.07) is 1.23. The topological polar surface area (TPSA) is 52.6 Å². The number of nitrogens with one attached hydrogen (secondary N) is 1. The summed E-state index contributed by atoms with van der Waals surface area (Å²) in [6.45, 7) is 0. The molecule has 5 unspecified atom stereocenters. The Morgan fingerprint density at radius 2 is 1.67 bits per heavy atom. The van der Waals surface area contributed by atoms with Crippen LogP contribution in [0.25, 0.3) is 0 Å². The van der Waals surface area contributed by atoms with E-state index in [2.05, 4.69) is 10.2 Å². The molecule has 4 aliphatic rings. The van der Waals surface area contributed by atoms with Crippen LogP contribution in [0, 0.1) is 5.92 Å². The first kappa shape index (κ1) is 14.0. The van der Waals surface area contributed by atoms with Gasteiger partial charge in [-0.05, 0) is 57.3 Å². The molecule has 118 valence electrons. The summed E-state index contributed by atoms with van der Waals surface area (Å²) in [5, 5.41) is 13.6. The fourth-order valence-corrected chi connectivity index (χ4v) is 5.38. The lowest BCUT2D eigenvalue weighted by Crippen LogP contribution is -2.59. The number of hydrogen-bond donors (Lipinski definition) is 2. The molecule has 5 atom stereocenters. The first-order valence-electron chi connectivity index (χ1n) is 8.98. The van der Waals surface area contributed by atoms with E-state index >= 15 is 0 Å². The molecule has 1 amide bonds. The van der Waals surface area contributed by atoms with E-state index in [9.17, 15) is 9.90 Å². The van der Waals surface area contributed by atoms with Crippen LogP contribution in [0.15, 0.2) is 0 Å². The van der Waals surface area contributed by atoms with Crippen LogP contribution in [0.4, 0.5) is 0 Å². The van der Waals surface area contributed by atoms with Crippen LogP contribution in [-0.4, -0.2) is 46.2 Å². The van der Waals surface area contributed by atoms with Gasteiger partial charge in [0.05, 0.1) is 12.1 Å². The zero-order valence-corrected chi connectivity index (χ0v) is 12.8. The smallest absolute Gasteiger partial charge is 0.240 e. The Morgan fingerprint density at radius 1 is 0.952 bits per heavy atom. The number of amides is 1. The number of carbonyl (C=O) groups is 1. The molecule has 1 aliphatic carbocycles. The van der Waals surface area contributed by atoms with Gasteiger partial charge in [0, 0.05) is 18.1 Å². The van der Waals surface area contributed by atoms with Gasteiger partial charge in [-0.25, -0.2) is 0 Å². The van der Waals surface area contributed by atoms with Crippen LogP contribution in [0.2, 0.25) is 0 Å². The molecule has 2 N–H and O–H groups in total. The molecular weight excluding hydrogens is 264 g/mol. The van der Waals surface area contributed by atoms with E-state index < -0.39 is 0 Å². The van der Waals surface area contributed by atoms with Crippen molar-refractivity contribution >= 4 is 5.91 Å². The molecule has 3 heterocycles. The van der Waals surface area contributed by atoms with Crippen LogP contribution in [0.1, 0.15) is 64.2 Å². The number of carbonyl (C=O) groups excluding carboxylic acids is 1. The molecule has 0 aromatic heterocycles. The fraction of sp³-hybridized carbons (Fsp3) is 0.941. The highest BCUT2D eigenvalue weighted by atomic mass is 16.3. The molecule has 0 radical (unpaired) electrons. The number of nitrogens with zero attached hydrogens (tertiary/aromatic N) is 1. The predicted molar refractivity (Wildman–Crippen MR) is 80.8 cm³/mol. The Balaban J connectivity index is 1.43. The number of hydrogen-bond acceptors (Lipinski definition) is 3. The monoisotopic (exact) mass is 292 g/mol. The largest absolute Gasteiger partial charge is 0.393 e. The lowest BCUT2D eigenvalue weighted by atomic mass is 9.77. The van der Waals surface area contributed by atoms with Gasteiger partial charge in [-0.3, -0.25) is 4.79 Å². The summed E-state index contributed by atoms with van der Waals surface area (Å²) >= 11 is 0. The lowest BCUT2D eigenvalue weighted by Gasteiger charge is -2.44. The number of aliphatic hydroxyl groups is 1. The maximum atomic E-state index is 13.0. The zero-order valence-electron chi connectivity index (χ0n) is 12.8. The summed E-state index contributed by atoms with van der Waals surface area (Å²) < 4.78 is 0. The van der Waals surface area contributed by atoms with Crippen LogP contribution in [-0.2, 0) is 4.79 Å². The van der Waals surface area contributed by atoms with E-state index in [4.69, 9.17) is 0 Å². The van der Waals surface area contributed by atoms with Gasteiger partial charge in [-0.15, -0.1) is 0 Å². The van der Waals surface area contributed by atoms with Gasteiger partial charge in [0.25, 0.3) is 0 Å². The zero-order chi connectivity index (χ0) is 14.4. The fourth-order valence-electron chi connectivity index (χ4n) is 5.38. The van der Waals surface area contributed by atoms with Gasteiger partial charge in [0.15, 0.2) is 0 Å². The molecule has 3 saturated heterocycles. The van der Waals surface area contributed by atoms with Crippen molar-refractivity contribution in [2.24, 2.45) is 5.92 Å². The van der Waals surface area contributed by atoms with E-state index in [1.165, 1.54) is 32.1 Å². The summed E-state index contributed by atoms with van der Waals surface area (Å²) in [5.74, 6) is 1.14. The van der Waals surface area contributed by atoms with Gasteiger partial charge in [0.1, 0.15) is 0 Å². The minimum atomic E-state index is -0.186. The third-order valence-electron chi connectivity index (χ3n) is 6.41. The first-order chi connectivity index (χ1) is 10.2. The van der Waals surface area contributed by atoms with E-state index in [0.29, 0.717) is 24.0 Å². The second-order valence-electron chi connectivity index (χ2n) is 7.70. The summed E-state index contributed by atoms with van der Waals surface area (Å²) in [7, 11) is 0. The molecule has 0 aromatic carbocycles. The van der Waals surface area contributed by atoms with Gasteiger partial charge in [-0.2, -0.15) is 0 Å². The Labute approximate surface area is 127 Å². The van der Waals surface area contributed by atoms with Crippen molar-refractivity contribution in [1.82, 2.24) is 10.2 Å². The van der Waals surface area contributed by atoms with Crippen molar-refractivity contribution in [3.05, 3.63) is 0 Å². The molecule has 4 rings (SSSR count). The van der Waals surface area contributed by atoms with E-state index in [-0.39, 0.29) is 12.1 Å². The standard InChI is InChI=1S/C17H28N2O2/c20-14-9-12-6-7-13(10-14)19(12)17(21)16-8-5-11-3-1-2-4-15(11)18-16/h11-16,18,20H,1-10H2. The Morgan fingerprint density at radius 3 is 2.43 bits per heavy atom. The second-order valence-corrected chi connectivity index (χ2v) is 7.70. The van der Waals surface area contributed by atoms with Crippen molar-refractivity contribution in [3.8, 4) is 0 Å². The molecule has 4 nitrogen and oxygen atoms in total. The SMILES string of the molecule is O=C(C1CCC2CCCCC2N1)N1C2CCC1CC(O)C2. The minimum absolute atomic E-state index is 0.0442. The number of piperidine rings is 2. The van der Waals surface area contributed by atoms with Gasteiger partial charge >= 0.3 is 0 Å². The second kappa shape index (κ2) is 5.54. The highest BCUT2D eigenvalue weighted by molar-refractivity contribution is 5.83. The summed E-state index contributed by atoms with van der Waals surface area (Å²) in [5.41, 5.74) is 0. The Kier molecular flexibility index (Phi) is 3.70. The predicted octanol–water partition coefficient (Wildman–Crippen LogP) is 1.81. The lowest BCUT2D eigenvalue weighted by molar-refractivity contribution is -0.141. The highest BCUT2D eigenvalue weighted by Gasteiger charge is 2.45. The van der Waals surface area contributed by atoms with Crippen LogP contribution in [0.5, 0.6) is 0 Å². The van der Waals surface area contributed by atoms with Crippen molar-refractivity contribution in [2.75, 3.05) is 0 Å². The van der Waals surface area contributed by atoms with Gasteiger partial charge in [0.2, 0.25) is 5.91 Å². The summed E-state index contributed by atoms with van der Waals surface area (Å²) in [6.07, 6.45) is 11.1.